The molecule has 5 nitrogen and oxygen atoms in total. The number of hydrogen-bond acceptors (Lipinski definition) is 5. The van der Waals surface area contributed by atoms with Gasteiger partial charge < -0.3 is 4.74 Å². The van der Waals surface area contributed by atoms with Gasteiger partial charge in [-0.3, -0.25) is 4.79 Å². The minimum Gasteiger partial charge on any atom is -0.486 e. The number of ether oxygens (including phenoxy) is 1. The fraction of sp³-hybridized carbons (Fsp3) is 0.182. The predicted octanol–water partition coefficient (Wildman–Crippen LogP) is 2.53. The monoisotopic (exact) mass is 296 g/mol. The van der Waals surface area contributed by atoms with Crippen LogP contribution in [0.25, 0.3) is 0 Å². The van der Waals surface area contributed by atoms with Gasteiger partial charge in [0, 0.05) is 4.47 Å². The van der Waals surface area contributed by atoms with E-state index in [2.05, 4.69) is 30.9 Å². The number of aromatic nitrogens is 2. The Balaban J connectivity index is 2.14. The highest BCUT2D eigenvalue weighted by atomic mass is 79.9. The molecule has 0 fully saturated rings. The lowest BCUT2D eigenvalue weighted by Crippen LogP contribution is -2.00. The highest BCUT2D eigenvalue weighted by Crippen LogP contribution is 2.22. The molecule has 2 aromatic rings. The van der Waals surface area contributed by atoms with Crippen LogP contribution in [0, 0.1) is 6.92 Å². The van der Waals surface area contributed by atoms with Crippen molar-refractivity contribution in [3.05, 3.63) is 39.6 Å². The molecule has 88 valence electrons. The minimum absolute atomic E-state index is 0.220. The Morgan fingerprint density at radius 3 is 2.94 bits per heavy atom. The molecule has 0 N–H and O–H groups in total. The van der Waals surface area contributed by atoms with Crippen LogP contribution in [0.1, 0.15) is 21.7 Å². The standard InChI is InChI=1S/C11H9BrN2O3/c1-7-10(14-17-13-7)6-16-11-3-2-9(12)4-8(11)5-15/h2-5H,6H2,1H3. The third-order valence-corrected chi connectivity index (χ3v) is 2.70. The number of rotatable bonds is 4. The van der Waals surface area contributed by atoms with Crippen molar-refractivity contribution in [3.63, 3.8) is 0 Å². The second-order valence-electron chi connectivity index (χ2n) is 3.39. The lowest BCUT2D eigenvalue weighted by molar-refractivity contribution is 0.111. The van der Waals surface area contributed by atoms with Crippen LogP contribution in [0.5, 0.6) is 5.75 Å². The summed E-state index contributed by atoms with van der Waals surface area (Å²) in [5.74, 6) is 0.505. The Bertz CT molecular complexity index is 539. The summed E-state index contributed by atoms with van der Waals surface area (Å²) in [6, 6.07) is 5.21. The Morgan fingerprint density at radius 2 is 2.29 bits per heavy atom. The van der Waals surface area contributed by atoms with Gasteiger partial charge in [-0.1, -0.05) is 26.2 Å². The number of nitrogens with zero attached hydrogens (tertiary/aromatic N) is 2. The molecule has 1 aromatic heterocycles. The highest BCUT2D eigenvalue weighted by molar-refractivity contribution is 9.10. The minimum atomic E-state index is 0.220. The van der Waals surface area contributed by atoms with Crippen LogP contribution in [0.4, 0.5) is 0 Å². The second kappa shape index (κ2) is 5.09. The molecule has 0 bridgehead atoms. The Labute approximate surface area is 106 Å². The van der Waals surface area contributed by atoms with Gasteiger partial charge in [0.15, 0.2) is 6.29 Å². The zero-order chi connectivity index (χ0) is 12.3. The van der Waals surface area contributed by atoms with E-state index in [4.69, 9.17) is 4.74 Å². The molecule has 1 heterocycles. The van der Waals surface area contributed by atoms with E-state index in [1.54, 1.807) is 25.1 Å². The Hall–Kier alpha value is -1.69. The molecule has 0 unspecified atom stereocenters. The first-order valence-electron chi connectivity index (χ1n) is 4.86. The Kier molecular flexibility index (Phi) is 3.53. The number of aryl methyl sites for hydroxylation is 1. The summed E-state index contributed by atoms with van der Waals surface area (Å²) >= 11 is 3.29. The maximum absolute atomic E-state index is 10.9. The molecule has 0 amide bonds. The average molecular weight is 297 g/mol. The maximum atomic E-state index is 10.9. The number of carbonyl (C=O) groups is 1. The molecular weight excluding hydrogens is 288 g/mol. The predicted molar refractivity (Wildman–Crippen MR) is 62.9 cm³/mol. The van der Waals surface area contributed by atoms with Gasteiger partial charge in [-0.15, -0.1) is 0 Å². The second-order valence-corrected chi connectivity index (χ2v) is 4.30. The van der Waals surface area contributed by atoms with Gasteiger partial charge in [0.2, 0.25) is 0 Å². The van der Waals surface area contributed by atoms with Crippen molar-refractivity contribution >= 4 is 22.2 Å². The van der Waals surface area contributed by atoms with Crippen molar-refractivity contribution in [2.75, 3.05) is 0 Å². The molecule has 0 aliphatic carbocycles. The zero-order valence-electron chi connectivity index (χ0n) is 9.01. The molecule has 0 aliphatic heterocycles. The molecule has 1 aromatic carbocycles. The highest BCUT2D eigenvalue weighted by Gasteiger charge is 2.08. The van der Waals surface area contributed by atoms with Gasteiger partial charge in [0.25, 0.3) is 0 Å². The fourth-order valence-electron chi connectivity index (χ4n) is 1.27. The lowest BCUT2D eigenvalue weighted by atomic mass is 10.2. The zero-order valence-corrected chi connectivity index (χ0v) is 10.6. The molecule has 0 spiro atoms. The van der Waals surface area contributed by atoms with E-state index >= 15 is 0 Å². The van der Waals surface area contributed by atoms with Crippen molar-refractivity contribution in [1.82, 2.24) is 10.3 Å². The van der Waals surface area contributed by atoms with E-state index in [9.17, 15) is 4.79 Å². The van der Waals surface area contributed by atoms with E-state index in [-0.39, 0.29) is 6.61 Å². The molecule has 17 heavy (non-hydrogen) atoms. The van der Waals surface area contributed by atoms with Crippen LogP contribution in [0.2, 0.25) is 0 Å². The van der Waals surface area contributed by atoms with Gasteiger partial charge in [0.05, 0.1) is 5.56 Å². The summed E-state index contributed by atoms with van der Waals surface area (Å²) in [6.07, 6.45) is 0.744. The average Bonchev–Trinajstić information content (AvgIpc) is 2.73. The normalized spacial score (nSPS) is 10.2. The smallest absolute Gasteiger partial charge is 0.153 e. The van der Waals surface area contributed by atoms with E-state index in [1.807, 2.05) is 0 Å². The first-order valence-corrected chi connectivity index (χ1v) is 5.65. The fourth-order valence-corrected chi connectivity index (χ4v) is 1.65. The van der Waals surface area contributed by atoms with Crippen LogP contribution in [0.15, 0.2) is 27.3 Å². The van der Waals surface area contributed by atoms with Crippen molar-refractivity contribution < 1.29 is 14.2 Å². The van der Waals surface area contributed by atoms with Gasteiger partial charge in [0.1, 0.15) is 23.7 Å². The molecule has 6 heteroatoms. The summed E-state index contributed by atoms with van der Waals surface area (Å²) < 4.78 is 10.9. The number of benzene rings is 1. The first-order chi connectivity index (χ1) is 8.20. The van der Waals surface area contributed by atoms with Crippen molar-refractivity contribution in [2.24, 2.45) is 0 Å². The summed E-state index contributed by atoms with van der Waals surface area (Å²) in [5.41, 5.74) is 1.77. The topological polar surface area (TPSA) is 65.2 Å². The van der Waals surface area contributed by atoms with Gasteiger partial charge in [-0.25, -0.2) is 4.63 Å². The van der Waals surface area contributed by atoms with Crippen LogP contribution in [-0.2, 0) is 6.61 Å². The molecule has 0 saturated heterocycles. The molecular formula is C11H9BrN2O3. The molecule has 0 radical (unpaired) electrons. The van der Waals surface area contributed by atoms with Crippen LogP contribution in [-0.4, -0.2) is 16.6 Å². The van der Waals surface area contributed by atoms with E-state index in [0.29, 0.717) is 22.7 Å². The molecule has 2 rings (SSSR count). The van der Waals surface area contributed by atoms with Crippen molar-refractivity contribution in [1.29, 1.82) is 0 Å². The van der Waals surface area contributed by atoms with E-state index in [1.165, 1.54) is 0 Å². The van der Waals surface area contributed by atoms with Crippen LogP contribution in [0.3, 0.4) is 0 Å². The molecule has 0 saturated carbocycles. The number of aldehydes is 1. The lowest BCUT2D eigenvalue weighted by Gasteiger charge is -2.06. The number of hydrogen-bond donors (Lipinski definition) is 0. The van der Waals surface area contributed by atoms with Crippen molar-refractivity contribution in [2.45, 2.75) is 13.5 Å². The van der Waals surface area contributed by atoms with Gasteiger partial charge in [-0.2, -0.15) is 0 Å². The SMILES string of the molecule is Cc1nonc1COc1ccc(Br)cc1C=O. The van der Waals surface area contributed by atoms with Crippen LogP contribution < -0.4 is 4.74 Å². The Morgan fingerprint density at radius 1 is 1.47 bits per heavy atom. The van der Waals surface area contributed by atoms with Gasteiger partial charge >= 0.3 is 0 Å². The van der Waals surface area contributed by atoms with E-state index < -0.39 is 0 Å². The van der Waals surface area contributed by atoms with Gasteiger partial charge in [-0.05, 0) is 25.1 Å². The molecule has 0 aliphatic rings. The maximum Gasteiger partial charge on any atom is 0.153 e. The number of carbonyl (C=O) groups excluding carboxylic acids is 1. The quantitative estimate of drug-likeness (QED) is 0.811. The van der Waals surface area contributed by atoms with Crippen LogP contribution >= 0.6 is 15.9 Å². The summed E-state index contributed by atoms with van der Waals surface area (Å²) in [7, 11) is 0. The van der Waals surface area contributed by atoms with Crippen molar-refractivity contribution in [3.8, 4) is 5.75 Å². The first kappa shape index (κ1) is 11.8. The summed E-state index contributed by atoms with van der Waals surface area (Å²) in [4.78, 5) is 10.9. The summed E-state index contributed by atoms with van der Waals surface area (Å²) in [6.45, 7) is 2.00. The number of halogens is 1. The molecule has 0 atom stereocenters. The third-order valence-electron chi connectivity index (χ3n) is 2.21. The third kappa shape index (κ3) is 2.71. The largest absolute Gasteiger partial charge is 0.486 e. The van der Waals surface area contributed by atoms with E-state index in [0.717, 1.165) is 10.8 Å². The summed E-state index contributed by atoms with van der Waals surface area (Å²) in [5, 5.41) is 7.34.